The standard InChI is InChI=1S/C12H15NO2/c1-15-12(14)8-9-4-2-6-11-10(9)5-3-7-13-11/h2,4,6,13H,3,5,7-8H2,1H3. The summed E-state index contributed by atoms with van der Waals surface area (Å²) in [4.78, 5) is 11.2. The van der Waals surface area contributed by atoms with Gasteiger partial charge in [0.25, 0.3) is 0 Å². The van der Waals surface area contributed by atoms with Gasteiger partial charge in [0.1, 0.15) is 0 Å². The number of hydrogen-bond donors (Lipinski definition) is 1. The Bertz CT molecular complexity index is 374. The Morgan fingerprint density at radius 1 is 1.53 bits per heavy atom. The molecule has 1 N–H and O–H groups in total. The average molecular weight is 205 g/mol. The quantitative estimate of drug-likeness (QED) is 0.748. The summed E-state index contributed by atoms with van der Waals surface area (Å²) in [5.74, 6) is -0.172. The van der Waals surface area contributed by atoms with Crippen LogP contribution in [-0.4, -0.2) is 19.6 Å². The number of hydrogen-bond acceptors (Lipinski definition) is 3. The highest BCUT2D eigenvalue weighted by molar-refractivity contribution is 5.74. The Balaban J connectivity index is 2.27. The molecule has 80 valence electrons. The van der Waals surface area contributed by atoms with E-state index in [-0.39, 0.29) is 5.97 Å². The van der Waals surface area contributed by atoms with Gasteiger partial charge in [0.15, 0.2) is 0 Å². The van der Waals surface area contributed by atoms with E-state index in [2.05, 4.69) is 16.1 Å². The maximum Gasteiger partial charge on any atom is 0.309 e. The first kappa shape index (κ1) is 10.0. The number of benzene rings is 1. The van der Waals surface area contributed by atoms with Gasteiger partial charge in [-0.15, -0.1) is 0 Å². The molecular formula is C12H15NO2. The normalized spacial score (nSPS) is 13.9. The SMILES string of the molecule is COC(=O)Cc1cccc2c1CCCN2. The predicted molar refractivity (Wildman–Crippen MR) is 59.0 cm³/mol. The van der Waals surface area contributed by atoms with E-state index in [0.717, 1.165) is 24.9 Å². The molecule has 0 spiro atoms. The molecule has 0 radical (unpaired) electrons. The van der Waals surface area contributed by atoms with Crippen LogP contribution in [0.1, 0.15) is 17.5 Å². The molecule has 0 aromatic heterocycles. The van der Waals surface area contributed by atoms with E-state index in [1.54, 1.807) is 0 Å². The lowest BCUT2D eigenvalue weighted by Gasteiger charge is -2.20. The number of nitrogens with one attached hydrogen (secondary N) is 1. The predicted octanol–water partition coefficient (Wildman–Crippen LogP) is 1.76. The van der Waals surface area contributed by atoms with E-state index in [4.69, 9.17) is 0 Å². The third-order valence-corrected chi connectivity index (χ3v) is 2.75. The van der Waals surface area contributed by atoms with Crippen molar-refractivity contribution >= 4 is 11.7 Å². The minimum absolute atomic E-state index is 0.172. The molecule has 2 rings (SSSR count). The number of fused-ring (bicyclic) bond motifs is 1. The Labute approximate surface area is 89.4 Å². The number of methoxy groups -OCH3 is 1. The van der Waals surface area contributed by atoms with Crippen LogP contribution in [0.15, 0.2) is 18.2 Å². The highest BCUT2D eigenvalue weighted by Gasteiger charge is 2.14. The lowest BCUT2D eigenvalue weighted by atomic mass is 9.96. The molecule has 1 aliphatic rings. The van der Waals surface area contributed by atoms with Crippen molar-refractivity contribution in [2.45, 2.75) is 19.3 Å². The minimum atomic E-state index is -0.172. The van der Waals surface area contributed by atoms with Crippen LogP contribution in [0.4, 0.5) is 5.69 Å². The van der Waals surface area contributed by atoms with Gasteiger partial charge in [0, 0.05) is 12.2 Å². The molecule has 0 saturated carbocycles. The maximum atomic E-state index is 11.2. The summed E-state index contributed by atoms with van der Waals surface area (Å²) >= 11 is 0. The molecule has 1 aromatic rings. The van der Waals surface area contributed by atoms with E-state index in [1.807, 2.05) is 12.1 Å². The molecule has 15 heavy (non-hydrogen) atoms. The summed E-state index contributed by atoms with van der Waals surface area (Å²) in [6, 6.07) is 6.05. The van der Waals surface area contributed by atoms with Crippen molar-refractivity contribution in [2.75, 3.05) is 19.0 Å². The number of carbonyl (C=O) groups is 1. The van der Waals surface area contributed by atoms with Gasteiger partial charge < -0.3 is 10.1 Å². The van der Waals surface area contributed by atoms with Crippen molar-refractivity contribution in [3.63, 3.8) is 0 Å². The summed E-state index contributed by atoms with van der Waals surface area (Å²) in [6.07, 6.45) is 2.56. The lowest BCUT2D eigenvalue weighted by molar-refractivity contribution is -0.139. The van der Waals surface area contributed by atoms with E-state index in [0.29, 0.717) is 6.42 Å². The largest absolute Gasteiger partial charge is 0.469 e. The van der Waals surface area contributed by atoms with Crippen molar-refractivity contribution in [3.8, 4) is 0 Å². The first-order chi connectivity index (χ1) is 7.31. The van der Waals surface area contributed by atoms with Gasteiger partial charge in [-0.05, 0) is 30.0 Å². The van der Waals surface area contributed by atoms with Crippen LogP contribution in [0.5, 0.6) is 0 Å². The van der Waals surface area contributed by atoms with Gasteiger partial charge in [-0.1, -0.05) is 12.1 Å². The van der Waals surface area contributed by atoms with Crippen LogP contribution < -0.4 is 5.32 Å². The summed E-state index contributed by atoms with van der Waals surface area (Å²) in [5.41, 5.74) is 3.53. The zero-order valence-corrected chi connectivity index (χ0v) is 8.88. The number of ether oxygens (including phenoxy) is 1. The van der Waals surface area contributed by atoms with Gasteiger partial charge in [-0.2, -0.15) is 0 Å². The summed E-state index contributed by atoms with van der Waals surface area (Å²) in [5, 5.41) is 3.34. The van der Waals surface area contributed by atoms with Crippen LogP contribution in [0.25, 0.3) is 0 Å². The Hall–Kier alpha value is -1.51. The highest BCUT2D eigenvalue weighted by atomic mass is 16.5. The zero-order valence-electron chi connectivity index (χ0n) is 8.88. The van der Waals surface area contributed by atoms with Crippen molar-refractivity contribution in [2.24, 2.45) is 0 Å². The van der Waals surface area contributed by atoms with Crippen molar-refractivity contribution in [3.05, 3.63) is 29.3 Å². The fourth-order valence-corrected chi connectivity index (χ4v) is 1.98. The van der Waals surface area contributed by atoms with Gasteiger partial charge in [-0.25, -0.2) is 0 Å². The topological polar surface area (TPSA) is 38.3 Å². The second-order valence-electron chi connectivity index (χ2n) is 3.73. The molecule has 1 aliphatic heterocycles. The van der Waals surface area contributed by atoms with Gasteiger partial charge in [-0.3, -0.25) is 4.79 Å². The van der Waals surface area contributed by atoms with Crippen LogP contribution in [0, 0.1) is 0 Å². The molecule has 1 heterocycles. The molecule has 0 atom stereocenters. The monoisotopic (exact) mass is 205 g/mol. The van der Waals surface area contributed by atoms with E-state index < -0.39 is 0 Å². The first-order valence-electron chi connectivity index (χ1n) is 5.22. The number of rotatable bonds is 2. The Kier molecular flexibility index (Phi) is 2.90. The third-order valence-electron chi connectivity index (χ3n) is 2.75. The number of esters is 1. The Morgan fingerprint density at radius 2 is 2.40 bits per heavy atom. The molecule has 0 bridgehead atoms. The smallest absolute Gasteiger partial charge is 0.309 e. The number of anilines is 1. The molecule has 3 nitrogen and oxygen atoms in total. The second kappa shape index (κ2) is 4.34. The molecule has 0 aliphatic carbocycles. The van der Waals surface area contributed by atoms with Crippen LogP contribution in [0.2, 0.25) is 0 Å². The van der Waals surface area contributed by atoms with Crippen molar-refractivity contribution in [1.82, 2.24) is 0 Å². The van der Waals surface area contributed by atoms with Gasteiger partial charge in [0.2, 0.25) is 0 Å². The van der Waals surface area contributed by atoms with Crippen molar-refractivity contribution in [1.29, 1.82) is 0 Å². The lowest BCUT2D eigenvalue weighted by Crippen LogP contribution is -2.15. The van der Waals surface area contributed by atoms with E-state index in [1.165, 1.54) is 18.4 Å². The fraction of sp³-hybridized carbons (Fsp3) is 0.417. The number of carbonyl (C=O) groups excluding carboxylic acids is 1. The van der Waals surface area contributed by atoms with Crippen LogP contribution in [0.3, 0.4) is 0 Å². The van der Waals surface area contributed by atoms with Crippen LogP contribution in [-0.2, 0) is 22.4 Å². The minimum Gasteiger partial charge on any atom is -0.469 e. The summed E-state index contributed by atoms with van der Waals surface area (Å²) in [6.45, 7) is 1.02. The third kappa shape index (κ3) is 2.12. The average Bonchev–Trinajstić information content (AvgIpc) is 2.29. The summed E-state index contributed by atoms with van der Waals surface area (Å²) < 4.78 is 4.69. The maximum absolute atomic E-state index is 11.2. The molecule has 0 amide bonds. The highest BCUT2D eigenvalue weighted by Crippen LogP contribution is 2.25. The van der Waals surface area contributed by atoms with Crippen LogP contribution >= 0.6 is 0 Å². The summed E-state index contributed by atoms with van der Waals surface area (Å²) in [7, 11) is 1.43. The zero-order chi connectivity index (χ0) is 10.7. The molecular weight excluding hydrogens is 190 g/mol. The van der Waals surface area contributed by atoms with Gasteiger partial charge >= 0.3 is 5.97 Å². The Morgan fingerprint density at radius 3 is 3.20 bits per heavy atom. The van der Waals surface area contributed by atoms with E-state index in [9.17, 15) is 4.79 Å². The molecule has 0 unspecified atom stereocenters. The molecule has 3 heteroatoms. The van der Waals surface area contributed by atoms with Gasteiger partial charge in [0.05, 0.1) is 13.5 Å². The molecule has 0 saturated heterocycles. The molecule has 0 fully saturated rings. The van der Waals surface area contributed by atoms with Crippen molar-refractivity contribution < 1.29 is 9.53 Å². The first-order valence-corrected chi connectivity index (χ1v) is 5.22. The fourth-order valence-electron chi connectivity index (χ4n) is 1.98. The molecule has 1 aromatic carbocycles. The second-order valence-corrected chi connectivity index (χ2v) is 3.73. The van der Waals surface area contributed by atoms with E-state index >= 15 is 0 Å².